The van der Waals surface area contributed by atoms with Gasteiger partial charge in [-0.2, -0.15) is 4.31 Å². The van der Waals surface area contributed by atoms with Crippen molar-refractivity contribution in [3.63, 3.8) is 0 Å². The summed E-state index contributed by atoms with van der Waals surface area (Å²) in [7, 11) is -1.85. The number of methoxy groups -OCH3 is 1. The highest BCUT2D eigenvalue weighted by Crippen LogP contribution is 2.28. The highest BCUT2D eigenvalue weighted by molar-refractivity contribution is 7.89. The molecule has 0 saturated carbocycles. The lowest BCUT2D eigenvalue weighted by atomic mass is 10.1. The Labute approximate surface area is 123 Å². The molecule has 0 radical (unpaired) electrons. The smallest absolute Gasteiger partial charge is 0.243 e. The molecule has 1 heterocycles. The molecule has 1 aliphatic heterocycles. The zero-order valence-electron chi connectivity index (χ0n) is 10.5. The van der Waals surface area contributed by atoms with Gasteiger partial charge in [0, 0.05) is 20.2 Å². The Morgan fingerprint density at radius 1 is 1.21 bits per heavy atom. The van der Waals surface area contributed by atoms with Gasteiger partial charge in [-0.25, -0.2) is 8.42 Å². The summed E-state index contributed by atoms with van der Waals surface area (Å²) < 4.78 is 31.6. The van der Waals surface area contributed by atoms with Crippen molar-refractivity contribution in [2.24, 2.45) is 0 Å². The highest BCUT2D eigenvalue weighted by Gasteiger charge is 2.29. The predicted octanol–water partition coefficient (Wildman–Crippen LogP) is 2.79. The fraction of sp³-hybridized carbons (Fsp3) is 0.500. The van der Waals surface area contributed by atoms with E-state index in [1.165, 1.54) is 22.5 Å². The van der Waals surface area contributed by atoms with E-state index >= 15 is 0 Å². The summed E-state index contributed by atoms with van der Waals surface area (Å²) >= 11 is 11.7. The monoisotopic (exact) mass is 323 g/mol. The largest absolute Gasteiger partial charge is 0.381 e. The maximum absolute atomic E-state index is 12.4. The summed E-state index contributed by atoms with van der Waals surface area (Å²) in [6, 6.07) is 4.37. The van der Waals surface area contributed by atoms with Gasteiger partial charge in [-0.15, -0.1) is 0 Å². The van der Waals surface area contributed by atoms with Crippen molar-refractivity contribution in [3.8, 4) is 0 Å². The number of nitrogens with zero attached hydrogens (tertiary/aromatic N) is 1. The molecule has 0 aromatic heterocycles. The number of hydrogen-bond acceptors (Lipinski definition) is 3. The summed E-state index contributed by atoms with van der Waals surface area (Å²) in [4.78, 5) is 0.178. The summed E-state index contributed by atoms with van der Waals surface area (Å²) in [6.07, 6.45) is 1.55. The average molecular weight is 324 g/mol. The third kappa shape index (κ3) is 3.23. The summed E-state index contributed by atoms with van der Waals surface area (Å²) in [5.41, 5.74) is 0. The van der Waals surface area contributed by atoms with Crippen LogP contribution in [0.15, 0.2) is 23.1 Å². The van der Waals surface area contributed by atoms with E-state index < -0.39 is 10.0 Å². The van der Waals surface area contributed by atoms with Gasteiger partial charge in [0.1, 0.15) is 0 Å². The van der Waals surface area contributed by atoms with Crippen molar-refractivity contribution in [3.05, 3.63) is 28.2 Å². The molecule has 0 amide bonds. The van der Waals surface area contributed by atoms with Gasteiger partial charge >= 0.3 is 0 Å². The Balaban J connectivity index is 2.21. The maximum atomic E-state index is 12.4. The first-order valence-corrected chi connectivity index (χ1v) is 8.12. The van der Waals surface area contributed by atoms with Crippen LogP contribution in [0.2, 0.25) is 10.0 Å². The Hall–Kier alpha value is -0.330. The van der Waals surface area contributed by atoms with E-state index in [-0.39, 0.29) is 16.0 Å². The zero-order chi connectivity index (χ0) is 14.0. The lowest BCUT2D eigenvalue weighted by molar-refractivity contribution is 0.0604. The molecule has 1 aromatic rings. The van der Waals surface area contributed by atoms with Crippen LogP contribution in [-0.4, -0.2) is 39.0 Å². The molecule has 19 heavy (non-hydrogen) atoms. The molecule has 0 aliphatic carbocycles. The molecule has 0 unspecified atom stereocenters. The van der Waals surface area contributed by atoms with Gasteiger partial charge < -0.3 is 4.74 Å². The number of piperidine rings is 1. The van der Waals surface area contributed by atoms with Gasteiger partial charge in [0.2, 0.25) is 10.0 Å². The van der Waals surface area contributed by atoms with Crippen LogP contribution in [-0.2, 0) is 14.8 Å². The molecule has 106 valence electrons. The normalized spacial score (nSPS) is 18.7. The van der Waals surface area contributed by atoms with Gasteiger partial charge in [0.15, 0.2) is 0 Å². The molecule has 1 aliphatic rings. The SMILES string of the molecule is COC1CCN(S(=O)(=O)c2ccc(Cl)c(Cl)c2)CC1. The summed E-state index contributed by atoms with van der Waals surface area (Å²) in [5, 5.41) is 0.591. The lowest BCUT2D eigenvalue weighted by Gasteiger charge is -2.30. The first kappa shape index (κ1) is 15.1. The predicted molar refractivity (Wildman–Crippen MR) is 75.3 cm³/mol. The first-order valence-electron chi connectivity index (χ1n) is 5.93. The summed E-state index contributed by atoms with van der Waals surface area (Å²) in [6.45, 7) is 0.919. The molecule has 0 N–H and O–H groups in total. The van der Waals surface area contributed by atoms with E-state index in [0.29, 0.717) is 31.0 Å². The maximum Gasteiger partial charge on any atom is 0.243 e. The number of sulfonamides is 1. The van der Waals surface area contributed by atoms with E-state index in [1.54, 1.807) is 7.11 Å². The Kier molecular flexibility index (Phi) is 4.74. The van der Waals surface area contributed by atoms with E-state index in [2.05, 4.69) is 0 Å². The van der Waals surface area contributed by atoms with Crippen LogP contribution in [0, 0.1) is 0 Å². The molecule has 1 saturated heterocycles. The minimum atomic E-state index is -3.50. The molecule has 0 atom stereocenters. The minimum Gasteiger partial charge on any atom is -0.381 e. The third-order valence-corrected chi connectivity index (χ3v) is 5.90. The molecule has 0 bridgehead atoms. The van der Waals surface area contributed by atoms with Gasteiger partial charge in [-0.3, -0.25) is 0 Å². The average Bonchev–Trinajstić information content (AvgIpc) is 2.41. The van der Waals surface area contributed by atoms with Gasteiger partial charge in [-0.05, 0) is 31.0 Å². The molecular formula is C12H15Cl2NO3S. The van der Waals surface area contributed by atoms with Crippen molar-refractivity contribution < 1.29 is 13.2 Å². The molecule has 7 heteroatoms. The van der Waals surface area contributed by atoms with Crippen LogP contribution in [0.5, 0.6) is 0 Å². The van der Waals surface area contributed by atoms with Gasteiger partial charge in [0.05, 0.1) is 21.0 Å². The van der Waals surface area contributed by atoms with E-state index in [0.717, 1.165) is 0 Å². The van der Waals surface area contributed by atoms with E-state index in [1.807, 2.05) is 0 Å². The Morgan fingerprint density at radius 3 is 2.37 bits per heavy atom. The number of ether oxygens (including phenoxy) is 1. The number of halogens is 2. The van der Waals surface area contributed by atoms with Crippen molar-refractivity contribution in [2.75, 3.05) is 20.2 Å². The van der Waals surface area contributed by atoms with E-state index in [4.69, 9.17) is 27.9 Å². The minimum absolute atomic E-state index is 0.139. The van der Waals surface area contributed by atoms with Crippen molar-refractivity contribution in [2.45, 2.75) is 23.8 Å². The fourth-order valence-electron chi connectivity index (χ4n) is 2.09. The number of hydrogen-bond donors (Lipinski definition) is 0. The van der Waals surface area contributed by atoms with Crippen LogP contribution in [0.4, 0.5) is 0 Å². The quantitative estimate of drug-likeness (QED) is 0.859. The number of rotatable bonds is 3. The fourth-order valence-corrected chi connectivity index (χ4v) is 3.95. The van der Waals surface area contributed by atoms with E-state index in [9.17, 15) is 8.42 Å². The zero-order valence-corrected chi connectivity index (χ0v) is 12.8. The third-order valence-electron chi connectivity index (χ3n) is 3.26. The van der Waals surface area contributed by atoms with Crippen LogP contribution in [0.3, 0.4) is 0 Å². The molecule has 4 nitrogen and oxygen atoms in total. The molecule has 1 aromatic carbocycles. The van der Waals surface area contributed by atoms with Crippen LogP contribution in [0.1, 0.15) is 12.8 Å². The molecule has 2 rings (SSSR count). The molecular weight excluding hydrogens is 309 g/mol. The summed E-state index contributed by atoms with van der Waals surface area (Å²) in [5.74, 6) is 0. The van der Waals surface area contributed by atoms with Gasteiger partial charge in [0.25, 0.3) is 0 Å². The standard InChI is InChI=1S/C12H15Cl2NO3S/c1-18-9-4-6-15(7-5-9)19(16,17)10-2-3-11(13)12(14)8-10/h2-3,8-9H,4-7H2,1H3. The van der Waals surface area contributed by atoms with Crippen molar-refractivity contribution >= 4 is 33.2 Å². The van der Waals surface area contributed by atoms with Crippen LogP contribution < -0.4 is 0 Å². The molecule has 1 fully saturated rings. The van der Waals surface area contributed by atoms with Crippen LogP contribution >= 0.6 is 23.2 Å². The second-order valence-electron chi connectivity index (χ2n) is 4.42. The topological polar surface area (TPSA) is 46.6 Å². The number of benzene rings is 1. The lowest BCUT2D eigenvalue weighted by Crippen LogP contribution is -2.40. The Bertz CT molecular complexity index is 554. The van der Waals surface area contributed by atoms with Crippen molar-refractivity contribution in [1.29, 1.82) is 0 Å². The molecule has 0 spiro atoms. The second-order valence-corrected chi connectivity index (χ2v) is 7.17. The van der Waals surface area contributed by atoms with Crippen LogP contribution in [0.25, 0.3) is 0 Å². The highest BCUT2D eigenvalue weighted by atomic mass is 35.5. The van der Waals surface area contributed by atoms with Crippen molar-refractivity contribution in [1.82, 2.24) is 4.31 Å². The Morgan fingerprint density at radius 2 is 1.84 bits per heavy atom. The van der Waals surface area contributed by atoms with Gasteiger partial charge in [-0.1, -0.05) is 23.2 Å². The second kappa shape index (κ2) is 5.97. The first-order chi connectivity index (χ1) is 8.95.